The Balaban J connectivity index is 1.44. The van der Waals surface area contributed by atoms with Crippen molar-refractivity contribution in [2.45, 2.75) is 28.5 Å². The fourth-order valence-corrected chi connectivity index (χ4v) is 9.97. The second kappa shape index (κ2) is 13.5. The Kier molecular flexibility index (Phi) is 9.82. The molecule has 0 fully saturated rings. The molecule has 48 heavy (non-hydrogen) atoms. The number of benzene rings is 5. The molecule has 0 saturated carbocycles. The van der Waals surface area contributed by atoms with Crippen LogP contribution < -0.4 is 9.62 Å². The molecule has 0 spiro atoms. The van der Waals surface area contributed by atoms with Crippen LogP contribution in [0.1, 0.15) is 21.5 Å². The van der Waals surface area contributed by atoms with Gasteiger partial charge in [0.15, 0.2) is 25.5 Å². The first-order chi connectivity index (χ1) is 22.6. The van der Waals surface area contributed by atoms with Crippen LogP contribution >= 0.6 is 0 Å². The van der Waals surface area contributed by atoms with E-state index in [1.165, 1.54) is 54.6 Å². The molecular weight excluding hydrogens is 669 g/mol. The Labute approximate surface area is 282 Å². The Bertz CT molecular complexity index is 2220. The number of anilines is 2. The van der Waals surface area contributed by atoms with Crippen molar-refractivity contribution in [1.29, 1.82) is 0 Å². The van der Waals surface area contributed by atoms with Gasteiger partial charge in [0.1, 0.15) is 0 Å². The van der Waals surface area contributed by atoms with Crippen LogP contribution in [0.3, 0.4) is 0 Å². The number of carbonyl (C=O) groups is 1. The van der Waals surface area contributed by atoms with E-state index in [-0.39, 0.29) is 25.9 Å². The topological polar surface area (TPSA) is 135 Å². The minimum absolute atomic E-state index is 0.0190. The summed E-state index contributed by atoms with van der Waals surface area (Å²) < 4.78 is 83.3. The summed E-state index contributed by atoms with van der Waals surface area (Å²) in [5.41, 5.74) is 2.76. The highest BCUT2D eigenvalue weighted by atomic mass is 32.2. The quantitative estimate of drug-likeness (QED) is 0.155. The van der Waals surface area contributed by atoms with E-state index in [9.17, 15) is 30.0 Å². The van der Waals surface area contributed by atoms with Gasteiger partial charge in [-0.2, -0.15) is 0 Å². The molecule has 1 N–H and O–H groups in total. The second-order valence-corrected chi connectivity index (χ2v) is 17.7. The number of ketones is 1. The summed E-state index contributed by atoms with van der Waals surface area (Å²) in [6.45, 7) is 3.62. The number of hydrogen-bond acceptors (Lipinski definition) is 8. The highest BCUT2D eigenvalue weighted by Gasteiger charge is 2.33. The fourth-order valence-electron chi connectivity index (χ4n) is 5.45. The largest absolute Gasteiger partial charge is 0.377 e. The van der Waals surface area contributed by atoms with Gasteiger partial charge in [-0.3, -0.25) is 9.52 Å². The second-order valence-electron chi connectivity index (χ2n) is 12.0. The first-order valence-electron chi connectivity index (χ1n) is 15.0. The predicted molar refractivity (Wildman–Crippen MR) is 190 cm³/mol. The Morgan fingerprint density at radius 2 is 1.10 bits per heavy atom. The molecule has 0 saturated heterocycles. The summed E-state index contributed by atoms with van der Waals surface area (Å²) in [4.78, 5) is 15.8. The lowest BCUT2D eigenvalue weighted by Crippen LogP contribution is -2.31. The van der Waals surface area contributed by atoms with Crippen molar-refractivity contribution >= 4 is 57.6 Å². The molecule has 9 nitrogen and oxygen atoms in total. The predicted octanol–water partition coefficient (Wildman–Crippen LogP) is 6.07. The number of hydrogen-bond donors (Lipinski definition) is 1. The number of sulfone groups is 2. The molecule has 0 amide bonds. The Hall–Kier alpha value is -4.52. The summed E-state index contributed by atoms with van der Waals surface area (Å²) in [6.07, 6.45) is 0. The van der Waals surface area contributed by atoms with E-state index in [0.29, 0.717) is 5.39 Å². The van der Waals surface area contributed by atoms with Crippen molar-refractivity contribution in [3.05, 3.63) is 126 Å². The van der Waals surface area contributed by atoms with Gasteiger partial charge in [-0.05, 0) is 74.5 Å². The molecular formula is C36H36N2O7S3. The first-order valence-corrected chi connectivity index (χ1v) is 19.8. The first kappa shape index (κ1) is 34.8. The average molecular weight is 705 g/mol. The zero-order valence-electron chi connectivity index (χ0n) is 26.9. The summed E-state index contributed by atoms with van der Waals surface area (Å²) in [7, 11) is -8.43. The van der Waals surface area contributed by atoms with Gasteiger partial charge in [0, 0.05) is 41.8 Å². The van der Waals surface area contributed by atoms with Gasteiger partial charge < -0.3 is 4.90 Å². The lowest BCUT2D eigenvalue weighted by atomic mass is 10.0. The summed E-state index contributed by atoms with van der Waals surface area (Å²) >= 11 is 0. The summed E-state index contributed by atoms with van der Waals surface area (Å²) in [6, 6.07) is 28.2. The Morgan fingerprint density at radius 1 is 0.625 bits per heavy atom. The van der Waals surface area contributed by atoms with Crippen LogP contribution in [-0.4, -0.2) is 56.6 Å². The van der Waals surface area contributed by atoms with Crippen molar-refractivity contribution in [1.82, 2.24) is 0 Å². The van der Waals surface area contributed by atoms with Crippen molar-refractivity contribution < 1.29 is 30.0 Å². The number of nitrogens with zero attached hydrogens (tertiary/aromatic N) is 1. The van der Waals surface area contributed by atoms with Crippen LogP contribution in [0.25, 0.3) is 10.8 Å². The van der Waals surface area contributed by atoms with Gasteiger partial charge in [-0.15, -0.1) is 0 Å². The SMILES string of the molecule is Cc1ccc(S(=O)(=O)CC(CS(=O)(=O)c2ccc(C)cc2)C(=O)c2ccc(NS(=O)(=O)c3cccc4c(N(C)C)cccc34)cc2)cc1. The average Bonchev–Trinajstić information content (AvgIpc) is 3.04. The van der Waals surface area contributed by atoms with Gasteiger partial charge in [0.25, 0.3) is 10.0 Å². The fraction of sp³-hybridized carbons (Fsp3) is 0.194. The maximum absolute atomic E-state index is 13.9. The normalized spacial score (nSPS) is 12.3. The third kappa shape index (κ3) is 7.61. The maximum Gasteiger partial charge on any atom is 0.262 e. The highest BCUT2D eigenvalue weighted by Crippen LogP contribution is 2.31. The molecule has 12 heteroatoms. The number of aryl methyl sites for hydroxylation is 2. The van der Waals surface area contributed by atoms with Gasteiger partial charge in [-0.1, -0.05) is 59.7 Å². The van der Waals surface area contributed by atoms with E-state index < -0.39 is 52.9 Å². The molecule has 0 radical (unpaired) electrons. The number of sulfonamides is 1. The van der Waals surface area contributed by atoms with Crippen molar-refractivity contribution in [3.8, 4) is 0 Å². The molecule has 0 atom stereocenters. The lowest BCUT2D eigenvalue weighted by molar-refractivity contribution is 0.0942. The van der Waals surface area contributed by atoms with E-state index in [1.54, 1.807) is 42.5 Å². The van der Waals surface area contributed by atoms with E-state index in [4.69, 9.17) is 0 Å². The zero-order valence-corrected chi connectivity index (χ0v) is 29.4. The molecule has 0 aromatic heterocycles. The molecule has 0 aliphatic rings. The number of nitrogens with one attached hydrogen (secondary N) is 1. The maximum atomic E-state index is 13.9. The van der Waals surface area contributed by atoms with Gasteiger partial charge in [0.2, 0.25) is 0 Å². The Morgan fingerprint density at radius 3 is 1.60 bits per heavy atom. The van der Waals surface area contributed by atoms with E-state index >= 15 is 0 Å². The number of Topliss-reactive ketones (excluding diaryl/α,β-unsaturated/α-hetero) is 1. The lowest BCUT2D eigenvalue weighted by Gasteiger charge is -2.18. The highest BCUT2D eigenvalue weighted by molar-refractivity contribution is 7.93. The van der Waals surface area contributed by atoms with Gasteiger partial charge in [0.05, 0.1) is 32.1 Å². The third-order valence-electron chi connectivity index (χ3n) is 8.02. The van der Waals surface area contributed by atoms with E-state index in [0.717, 1.165) is 22.2 Å². The standard InChI is InChI=1S/C36H36N2O7S3/c1-25-11-19-30(20-12-25)46(40,41)23-28(24-47(42,43)31-21-13-26(2)14-22-31)36(39)27-15-17-29(18-16-27)37-48(44,45)35-10-6-7-32-33(35)8-5-9-34(32)38(3)4/h5-22,28,37H,23-24H2,1-4H3. The van der Waals surface area contributed by atoms with Crippen molar-refractivity contribution in [2.75, 3.05) is 35.2 Å². The van der Waals surface area contributed by atoms with Gasteiger partial charge in [-0.25, -0.2) is 25.3 Å². The van der Waals surface area contributed by atoms with Crippen LogP contribution in [0, 0.1) is 19.8 Å². The monoisotopic (exact) mass is 704 g/mol. The van der Waals surface area contributed by atoms with Crippen LogP contribution in [-0.2, 0) is 29.7 Å². The molecule has 5 aromatic rings. The van der Waals surface area contributed by atoms with E-state index in [2.05, 4.69) is 4.72 Å². The number of fused-ring (bicyclic) bond motifs is 1. The number of carbonyl (C=O) groups excluding carboxylic acids is 1. The van der Waals surface area contributed by atoms with Crippen LogP contribution in [0.15, 0.2) is 124 Å². The minimum Gasteiger partial charge on any atom is -0.377 e. The summed E-state index contributed by atoms with van der Waals surface area (Å²) in [5, 5.41) is 1.30. The van der Waals surface area contributed by atoms with Gasteiger partial charge >= 0.3 is 0 Å². The molecule has 0 heterocycles. The third-order valence-corrected chi connectivity index (χ3v) is 13.1. The molecule has 5 rings (SSSR count). The zero-order chi connectivity index (χ0) is 34.9. The minimum atomic E-state index is -4.06. The molecule has 5 aromatic carbocycles. The molecule has 0 aliphatic carbocycles. The van der Waals surface area contributed by atoms with Crippen molar-refractivity contribution in [2.24, 2.45) is 5.92 Å². The van der Waals surface area contributed by atoms with Crippen LogP contribution in [0.4, 0.5) is 11.4 Å². The smallest absolute Gasteiger partial charge is 0.262 e. The summed E-state index contributed by atoms with van der Waals surface area (Å²) in [5.74, 6) is -3.60. The van der Waals surface area contributed by atoms with Crippen LogP contribution in [0.2, 0.25) is 0 Å². The molecule has 0 unspecified atom stereocenters. The van der Waals surface area contributed by atoms with Crippen LogP contribution in [0.5, 0.6) is 0 Å². The van der Waals surface area contributed by atoms with E-state index in [1.807, 2.05) is 45.0 Å². The number of rotatable bonds is 12. The van der Waals surface area contributed by atoms with Crippen molar-refractivity contribution in [3.63, 3.8) is 0 Å². The molecule has 0 aliphatic heterocycles. The molecule has 0 bridgehead atoms. The molecule has 250 valence electrons.